The molecule has 0 radical (unpaired) electrons. The quantitative estimate of drug-likeness (QED) is 0.156. The molecule has 0 saturated carbocycles. The highest BCUT2D eigenvalue weighted by Crippen LogP contribution is 2.33. The van der Waals surface area contributed by atoms with E-state index in [0.717, 1.165) is 22.6 Å². The standard InChI is InChI=1S/C44H54Cl2N8O6/c1-27(2)39-42(58)53-19-7-18-44(26-53,21-29-8-13-32(45)14-9-29)50-41(57)35(25-55)48-40(56)28(3)54(43(59)49-39)23-31-10-15-33(46)20-37(31)60-34-16-11-30(12-17-34)36-22-47-38(52(36)6)24-51(4)5/h8-17,20,22,27-28,35,39,55H,7,18-19,21,23-26H2,1-6H3,(H,48,56)(H,49,59)(H,50,57)/t28-,35-,39?,44+/m0/s1. The number of carbonyl (C=O) groups excluding carboxylic acids is 4. The van der Waals surface area contributed by atoms with Gasteiger partial charge < -0.3 is 45.1 Å². The fourth-order valence-corrected chi connectivity index (χ4v) is 8.08. The van der Waals surface area contributed by atoms with Crippen molar-refractivity contribution in [2.45, 2.75) is 76.8 Å². The molecule has 14 nitrogen and oxygen atoms in total. The zero-order chi connectivity index (χ0) is 43.3. The molecule has 4 N–H and O–H groups in total. The summed E-state index contributed by atoms with van der Waals surface area (Å²) in [5.41, 5.74) is 2.37. The van der Waals surface area contributed by atoms with Gasteiger partial charge in [0.1, 0.15) is 35.4 Å². The molecular weight excluding hydrogens is 807 g/mol. The smallest absolute Gasteiger partial charge is 0.319 e. The van der Waals surface area contributed by atoms with Gasteiger partial charge in [-0.05, 0) is 100 Å². The summed E-state index contributed by atoms with van der Waals surface area (Å²) in [4.78, 5) is 66.5. The van der Waals surface area contributed by atoms with Crippen LogP contribution in [0.2, 0.25) is 10.0 Å². The molecule has 60 heavy (non-hydrogen) atoms. The molecule has 2 saturated heterocycles. The van der Waals surface area contributed by atoms with Crippen molar-refractivity contribution in [3.8, 4) is 22.8 Å². The number of benzene rings is 3. The van der Waals surface area contributed by atoms with E-state index in [1.165, 1.54) is 11.8 Å². The number of nitrogens with zero attached hydrogens (tertiary/aromatic N) is 5. The van der Waals surface area contributed by atoms with Crippen molar-refractivity contribution in [3.05, 3.63) is 99.9 Å². The van der Waals surface area contributed by atoms with E-state index in [1.54, 1.807) is 35.2 Å². The van der Waals surface area contributed by atoms with E-state index in [1.807, 2.05) is 82.2 Å². The van der Waals surface area contributed by atoms with Crippen molar-refractivity contribution in [1.82, 2.24) is 40.2 Å². The van der Waals surface area contributed by atoms with E-state index >= 15 is 0 Å². The van der Waals surface area contributed by atoms with Crippen LogP contribution in [0, 0.1) is 5.92 Å². The van der Waals surface area contributed by atoms with Gasteiger partial charge in [0.05, 0.1) is 37.1 Å². The molecule has 1 aromatic heterocycles. The van der Waals surface area contributed by atoms with E-state index in [2.05, 4.69) is 25.8 Å². The number of imidazole rings is 1. The number of aliphatic hydroxyl groups is 1. The molecule has 6 rings (SSSR count). The topological polar surface area (TPSA) is 161 Å². The van der Waals surface area contributed by atoms with Crippen LogP contribution in [0.3, 0.4) is 0 Å². The molecule has 16 heteroatoms. The summed E-state index contributed by atoms with van der Waals surface area (Å²) in [6.45, 7) is 5.64. The predicted molar refractivity (Wildman–Crippen MR) is 231 cm³/mol. The van der Waals surface area contributed by atoms with Crippen LogP contribution in [0.25, 0.3) is 11.3 Å². The number of urea groups is 1. The lowest BCUT2D eigenvalue weighted by molar-refractivity contribution is -0.139. The zero-order valence-corrected chi connectivity index (χ0v) is 36.4. The number of ether oxygens (including phenoxy) is 1. The summed E-state index contributed by atoms with van der Waals surface area (Å²) >= 11 is 12.6. The molecule has 5 amide bonds. The van der Waals surface area contributed by atoms with Crippen LogP contribution in [-0.2, 0) is 40.9 Å². The number of fused-ring (bicyclic) bond motifs is 2. The molecule has 320 valence electrons. The summed E-state index contributed by atoms with van der Waals surface area (Å²) < 4.78 is 8.42. The van der Waals surface area contributed by atoms with E-state index in [-0.39, 0.29) is 24.9 Å². The Balaban J connectivity index is 1.29. The lowest BCUT2D eigenvalue weighted by atomic mass is 9.82. The number of halogens is 2. The van der Waals surface area contributed by atoms with Gasteiger partial charge in [0.15, 0.2) is 0 Å². The summed E-state index contributed by atoms with van der Waals surface area (Å²) in [7, 11) is 5.96. The minimum Gasteiger partial charge on any atom is -0.457 e. The average molecular weight is 862 g/mol. The third-order valence-electron chi connectivity index (χ3n) is 11.2. The normalized spacial score (nSPS) is 21.8. The second-order valence-corrected chi connectivity index (χ2v) is 17.3. The molecular formula is C44H54Cl2N8O6. The second-order valence-electron chi connectivity index (χ2n) is 16.4. The molecule has 1 unspecified atom stereocenters. The van der Waals surface area contributed by atoms with Gasteiger partial charge in [-0.1, -0.05) is 55.2 Å². The highest BCUT2D eigenvalue weighted by molar-refractivity contribution is 6.31. The van der Waals surface area contributed by atoms with E-state index in [4.69, 9.17) is 27.9 Å². The van der Waals surface area contributed by atoms with E-state index in [9.17, 15) is 24.3 Å². The molecule has 4 aromatic rings. The van der Waals surface area contributed by atoms with Gasteiger partial charge in [-0.2, -0.15) is 0 Å². The van der Waals surface area contributed by atoms with Gasteiger partial charge in [0, 0.05) is 41.3 Å². The molecule has 2 aliphatic rings. The summed E-state index contributed by atoms with van der Waals surface area (Å²) in [6.07, 6.45) is 3.31. The molecule has 3 aromatic carbocycles. The highest BCUT2D eigenvalue weighted by atomic mass is 35.5. The first kappa shape index (κ1) is 44.4. The molecule has 0 spiro atoms. The van der Waals surface area contributed by atoms with Crippen LogP contribution < -0.4 is 20.7 Å². The van der Waals surface area contributed by atoms with E-state index < -0.39 is 48.1 Å². The lowest BCUT2D eigenvalue weighted by Gasteiger charge is -2.45. The first-order chi connectivity index (χ1) is 28.6. The minimum atomic E-state index is -1.34. The number of hydrogen-bond acceptors (Lipinski definition) is 8. The maximum absolute atomic E-state index is 14.5. The van der Waals surface area contributed by atoms with Gasteiger partial charge in [0.2, 0.25) is 17.7 Å². The number of rotatable bonds is 11. The van der Waals surface area contributed by atoms with Gasteiger partial charge in [-0.3, -0.25) is 14.4 Å². The Morgan fingerprint density at radius 2 is 1.67 bits per heavy atom. The first-order valence-electron chi connectivity index (χ1n) is 20.1. The van der Waals surface area contributed by atoms with Crippen LogP contribution in [-0.4, -0.2) is 111 Å². The van der Waals surface area contributed by atoms with Gasteiger partial charge >= 0.3 is 6.03 Å². The largest absolute Gasteiger partial charge is 0.457 e. The number of hydrogen-bond donors (Lipinski definition) is 4. The summed E-state index contributed by atoms with van der Waals surface area (Å²) in [6, 6.07) is 15.6. The maximum atomic E-state index is 14.5. The Labute approximate surface area is 361 Å². The lowest BCUT2D eigenvalue weighted by Crippen LogP contribution is -2.67. The third-order valence-corrected chi connectivity index (χ3v) is 11.6. The second kappa shape index (κ2) is 19.1. The SMILES string of the molecule is CC(C)C1NC(=O)N(Cc2ccc(Cl)cc2Oc2ccc(-c3cnc(CN(C)C)n3C)cc2)[C@@H](C)C(=O)N[C@@H](CO)C(=O)N[C@@]2(Cc3ccc(Cl)cc3)CCCN(C2)C1=O. The minimum absolute atomic E-state index is 0.141. The van der Waals surface area contributed by atoms with Crippen LogP contribution in [0.1, 0.15) is 50.6 Å². The monoisotopic (exact) mass is 860 g/mol. The number of nitrogens with one attached hydrogen (secondary N) is 3. The van der Waals surface area contributed by atoms with Crippen molar-refractivity contribution < 1.29 is 29.0 Å². The highest BCUT2D eigenvalue weighted by Gasteiger charge is 2.43. The Morgan fingerprint density at radius 1 is 0.967 bits per heavy atom. The summed E-state index contributed by atoms with van der Waals surface area (Å²) in [5, 5.41) is 20.1. The van der Waals surface area contributed by atoms with E-state index in [0.29, 0.717) is 59.5 Å². The Morgan fingerprint density at radius 3 is 2.33 bits per heavy atom. The number of amides is 5. The number of carbonyl (C=O) groups is 4. The van der Waals surface area contributed by atoms with Gasteiger partial charge in [-0.15, -0.1) is 0 Å². The van der Waals surface area contributed by atoms with Crippen LogP contribution in [0.4, 0.5) is 4.79 Å². The fourth-order valence-electron chi connectivity index (χ4n) is 7.79. The van der Waals surface area contributed by atoms with Crippen molar-refractivity contribution in [2.75, 3.05) is 33.8 Å². The van der Waals surface area contributed by atoms with Crippen LogP contribution in [0.15, 0.2) is 72.9 Å². The Bertz CT molecular complexity index is 2180. The molecule has 2 bridgehead atoms. The zero-order valence-electron chi connectivity index (χ0n) is 34.9. The van der Waals surface area contributed by atoms with Crippen LogP contribution in [0.5, 0.6) is 11.5 Å². The number of aliphatic hydroxyl groups excluding tert-OH is 1. The van der Waals surface area contributed by atoms with Crippen molar-refractivity contribution in [1.29, 1.82) is 0 Å². The van der Waals surface area contributed by atoms with Crippen LogP contribution >= 0.6 is 23.2 Å². The van der Waals surface area contributed by atoms with Crippen molar-refractivity contribution >= 4 is 47.0 Å². The fraction of sp³-hybridized carbons (Fsp3) is 0.432. The Kier molecular flexibility index (Phi) is 14.1. The number of aromatic nitrogens is 2. The maximum Gasteiger partial charge on any atom is 0.319 e. The summed E-state index contributed by atoms with van der Waals surface area (Å²) in [5.74, 6) is -0.146. The van der Waals surface area contributed by atoms with Crippen molar-refractivity contribution in [3.63, 3.8) is 0 Å². The molecule has 2 aliphatic heterocycles. The Hall–Kier alpha value is -5.15. The molecule has 2 fully saturated rings. The average Bonchev–Trinajstić information content (AvgIpc) is 3.57. The van der Waals surface area contributed by atoms with Gasteiger partial charge in [-0.25, -0.2) is 9.78 Å². The third kappa shape index (κ3) is 10.4. The first-order valence-corrected chi connectivity index (χ1v) is 20.9. The molecule has 4 atom stereocenters. The predicted octanol–water partition coefficient (Wildman–Crippen LogP) is 5.38. The van der Waals surface area contributed by atoms with Gasteiger partial charge in [0.25, 0.3) is 0 Å². The molecule has 0 aliphatic carbocycles. The van der Waals surface area contributed by atoms with Crippen molar-refractivity contribution in [2.24, 2.45) is 13.0 Å². The number of piperidine rings is 1. The molecule has 3 heterocycles.